The van der Waals surface area contributed by atoms with Gasteiger partial charge in [-0.15, -0.1) is 11.7 Å². The van der Waals surface area contributed by atoms with Gasteiger partial charge < -0.3 is 14.9 Å². The number of aliphatic hydroxyl groups is 1. The summed E-state index contributed by atoms with van der Waals surface area (Å²) in [4.78, 5) is 0. The highest BCUT2D eigenvalue weighted by atomic mass is 79.9. The van der Waals surface area contributed by atoms with Gasteiger partial charge in [-0.25, -0.2) is 0 Å². The van der Waals surface area contributed by atoms with Gasteiger partial charge in [0.2, 0.25) is 0 Å². The van der Waals surface area contributed by atoms with Gasteiger partial charge in [-0.1, -0.05) is 6.08 Å². The molecule has 0 aliphatic heterocycles. The molecule has 0 aliphatic carbocycles. The van der Waals surface area contributed by atoms with E-state index in [0.29, 0.717) is 22.7 Å². The summed E-state index contributed by atoms with van der Waals surface area (Å²) in [5.74, 6) is 0.749. The molecule has 0 radical (unpaired) electrons. The van der Waals surface area contributed by atoms with Crippen molar-refractivity contribution in [2.75, 3.05) is 7.11 Å². The van der Waals surface area contributed by atoms with Gasteiger partial charge >= 0.3 is 0 Å². The highest BCUT2D eigenvalue weighted by molar-refractivity contribution is 9.10. The highest BCUT2D eigenvalue weighted by Crippen LogP contribution is 2.34. The number of aromatic hydroxyl groups is 1. The van der Waals surface area contributed by atoms with Gasteiger partial charge in [-0.2, -0.15) is 5.11 Å². The highest BCUT2D eigenvalue weighted by Gasteiger charge is 2.10. The minimum absolute atomic E-state index is 0.0421. The van der Waals surface area contributed by atoms with Crippen LogP contribution in [0.15, 0.2) is 63.8 Å². The third-order valence-electron chi connectivity index (χ3n) is 2.97. The van der Waals surface area contributed by atoms with Crippen molar-refractivity contribution in [2.24, 2.45) is 10.2 Å². The summed E-state index contributed by atoms with van der Waals surface area (Å²) in [5.41, 5.74) is 1.50. The second-order valence-corrected chi connectivity index (χ2v) is 5.30. The maximum atomic E-state index is 9.90. The number of hydrogen-bond acceptors (Lipinski definition) is 5. The van der Waals surface area contributed by atoms with Gasteiger partial charge in [-0.3, -0.25) is 0 Å². The summed E-state index contributed by atoms with van der Waals surface area (Å²) in [6, 6.07) is 9.81. The molecule has 0 saturated heterocycles. The summed E-state index contributed by atoms with van der Waals surface area (Å²) in [7, 11) is 1.59. The predicted molar refractivity (Wildman–Crippen MR) is 88.1 cm³/mol. The minimum atomic E-state index is -0.930. The molecule has 5 nitrogen and oxygen atoms in total. The first-order valence-electron chi connectivity index (χ1n) is 6.44. The van der Waals surface area contributed by atoms with Crippen molar-refractivity contribution in [3.8, 4) is 11.5 Å². The van der Waals surface area contributed by atoms with E-state index in [-0.39, 0.29) is 5.75 Å². The Morgan fingerprint density at radius 2 is 1.86 bits per heavy atom. The van der Waals surface area contributed by atoms with Gasteiger partial charge in [0, 0.05) is 10.0 Å². The lowest BCUT2D eigenvalue weighted by atomic mass is 10.1. The molecule has 0 fully saturated rings. The lowest BCUT2D eigenvalue weighted by Crippen LogP contribution is -1.92. The molecule has 0 amide bonds. The Balaban J connectivity index is 2.36. The van der Waals surface area contributed by atoms with Crippen LogP contribution in [0.4, 0.5) is 11.4 Å². The Bertz CT molecular complexity index is 717. The lowest BCUT2D eigenvalue weighted by molar-refractivity contribution is 0.229. The van der Waals surface area contributed by atoms with Crippen LogP contribution in [-0.4, -0.2) is 17.3 Å². The number of phenols is 1. The second-order valence-electron chi connectivity index (χ2n) is 4.44. The molecular formula is C16H15BrN2O3. The van der Waals surface area contributed by atoms with Gasteiger partial charge in [0.1, 0.15) is 17.2 Å². The molecule has 1 atom stereocenters. The molecule has 2 N–H and O–H groups in total. The summed E-state index contributed by atoms with van der Waals surface area (Å²) in [5, 5.41) is 27.7. The summed E-state index contributed by atoms with van der Waals surface area (Å²) >= 11 is 3.39. The molecular weight excluding hydrogens is 348 g/mol. The SMILES string of the molecule is C=CC(O)c1cc(O)ccc1/N=N/c1ccc(OC)cc1Br. The van der Waals surface area contributed by atoms with Crippen molar-refractivity contribution in [3.05, 3.63) is 59.1 Å². The summed E-state index contributed by atoms with van der Waals surface area (Å²) in [6.45, 7) is 3.53. The monoisotopic (exact) mass is 362 g/mol. The van der Waals surface area contributed by atoms with E-state index in [2.05, 4.69) is 32.7 Å². The average molecular weight is 363 g/mol. The molecule has 2 aromatic rings. The van der Waals surface area contributed by atoms with E-state index < -0.39 is 6.10 Å². The van der Waals surface area contributed by atoms with Crippen molar-refractivity contribution < 1.29 is 14.9 Å². The van der Waals surface area contributed by atoms with Crippen LogP contribution in [0.2, 0.25) is 0 Å². The molecule has 0 heterocycles. The molecule has 0 bridgehead atoms. The Kier molecular flexibility index (Phi) is 5.30. The normalized spacial score (nSPS) is 12.3. The fraction of sp³-hybridized carbons (Fsp3) is 0.125. The van der Waals surface area contributed by atoms with Crippen LogP contribution >= 0.6 is 15.9 Å². The average Bonchev–Trinajstić information content (AvgIpc) is 2.53. The van der Waals surface area contributed by atoms with Gasteiger partial charge in [0.25, 0.3) is 0 Å². The number of halogens is 1. The van der Waals surface area contributed by atoms with Crippen molar-refractivity contribution in [1.29, 1.82) is 0 Å². The van der Waals surface area contributed by atoms with Crippen molar-refractivity contribution in [2.45, 2.75) is 6.10 Å². The van der Waals surface area contributed by atoms with Gasteiger partial charge in [-0.05, 0) is 52.3 Å². The van der Waals surface area contributed by atoms with E-state index in [0.717, 1.165) is 4.47 Å². The van der Waals surface area contributed by atoms with E-state index in [1.165, 1.54) is 18.2 Å². The van der Waals surface area contributed by atoms with E-state index in [4.69, 9.17) is 4.74 Å². The van der Waals surface area contributed by atoms with Crippen LogP contribution in [0.1, 0.15) is 11.7 Å². The minimum Gasteiger partial charge on any atom is -0.508 e. The zero-order valence-corrected chi connectivity index (χ0v) is 13.5. The quantitative estimate of drug-likeness (QED) is 0.592. The Hall–Kier alpha value is -2.18. The molecule has 0 spiro atoms. The zero-order valence-electron chi connectivity index (χ0n) is 11.9. The first-order chi connectivity index (χ1) is 10.5. The number of methoxy groups -OCH3 is 1. The maximum Gasteiger partial charge on any atom is 0.120 e. The van der Waals surface area contributed by atoms with Crippen molar-refractivity contribution in [1.82, 2.24) is 0 Å². The van der Waals surface area contributed by atoms with Crippen LogP contribution in [-0.2, 0) is 0 Å². The number of hydrogen-bond donors (Lipinski definition) is 2. The summed E-state index contributed by atoms with van der Waals surface area (Å²) < 4.78 is 5.85. The lowest BCUT2D eigenvalue weighted by Gasteiger charge is -2.09. The van der Waals surface area contributed by atoms with E-state index >= 15 is 0 Å². The third-order valence-corrected chi connectivity index (χ3v) is 3.61. The fourth-order valence-corrected chi connectivity index (χ4v) is 2.24. The second kappa shape index (κ2) is 7.20. The number of azo groups is 1. The molecule has 22 heavy (non-hydrogen) atoms. The molecule has 0 aromatic heterocycles. The van der Waals surface area contributed by atoms with Gasteiger partial charge in [0.05, 0.1) is 18.9 Å². The number of nitrogens with zero attached hydrogens (tertiary/aromatic N) is 2. The van der Waals surface area contributed by atoms with Crippen molar-refractivity contribution in [3.63, 3.8) is 0 Å². The van der Waals surface area contributed by atoms with Crippen LogP contribution in [0.3, 0.4) is 0 Å². The van der Waals surface area contributed by atoms with E-state index in [9.17, 15) is 10.2 Å². The number of rotatable bonds is 5. The first-order valence-corrected chi connectivity index (χ1v) is 7.23. The smallest absolute Gasteiger partial charge is 0.120 e. The van der Waals surface area contributed by atoms with E-state index in [1.54, 1.807) is 31.4 Å². The van der Waals surface area contributed by atoms with E-state index in [1.807, 2.05) is 0 Å². The summed E-state index contributed by atoms with van der Waals surface area (Å²) in [6.07, 6.45) is 0.428. The Morgan fingerprint density at radius 1 is 1.18 bits per heavy atom. The van der Waals surface area contributed by atoms with Crippen molar-refractivity contribution >= 4 is 27.3 Å². The predicted octanol–water partition coefficient (Wildman–Crippen LogP) is 4.80. The maximum absolute atomic E-state index is 9.90. The largest absolute Gasteiger partial charge is 0.508 e. The Morgan fingerprint density at radius 3 is 2.50 bits per heavy atom. The molecule has 0 aliphatic rings. The topological polar surface area (TPSA) is 74.4 Å². The molecule has 0 saturated carbocycles. The molecule has 2 aromatic carbocycles. The number of benzene rings is 2. The number of phenolic OH excluding ortho intramolecular Hbond substituents is 1. The molecule has 2 rings (SSSR count). The molecule has 1 unspecified atom stereocenters. The molecule has 6 heteroatoms. The van der Waals surface area contributed by atoms with Crippen LogP contribution in [0.5, 0.6) is 11.5 Å². The first kappa shape index (κ1) is 16.2. The molecule has 114 valence electrons. The van der Waals surface area contributed by atoms with Crippen LogP contribution < -0.4 is 4.74 Å². The standard InChI is InChI=1S/C16H15BrN2O3/c1-3-16(21)12-8-10(20)4-6-14(12)18-19-15-7-5-11(22-2)9-13(15)17/h3-9,16,20-21H,1H2,2H3/b19-18+. The number of ether oxygens (including phenoxy) is 1. The Labute approximate surface area is 136 Å². The fourth-order valence-electron chi connectivity index (χ4n) is 1.80. The van der Waals surface area contributed by atoms with Crippen LogP contribution in [0.25, 0.3) is 0 Å². The van der Waals surface area contributed by atoms with Crippen LogP contribution in [0, 0.1) is 0 Å². The van der Waals surface area contributed by atoms with Gasteiger partial charge in [0.15, 0.2) is 0 Å². The zero-order chi connectivity index (χ0) is 16.1. The number of aliphatic hydroxyl groups excluding tert-OH is 1. The third kappa shape index (κ3) is 3.72.